The van der Waals surface area contributed by atoms with E-state index in [0.717, 1.165) is 22.7 Å². The SMILES string of the molecule is CCOc1ccc(OCC)c(NC(N)=NCc2ccccc2OCC)c1. The van der Waals surface area contributed by atoms with Crippen molar-refractivity contribution in [3.8, 4) is 17.2 Å². The van der Waals surface area contributed by atoms with Crippen LogP contribution in [-0.4, -0.2) is 25.8 Å². The maximum atomic E-state index is 6.07. The van der Waals surface area contributed by atoms with E-state index >= 15 is 0 Å². The molecule has 0 radical (unpaired) electrons. The standard InChI is InChI=1S/C20H27N3O3/c1-4-24-16-11-12-19(26-6-3)17(13-16)23-20(21)22-14-15-9-7-8-10-18(15)25-5-2/h7-13H,4-6,14H2,1-3H3,(H3,21,22,23). The fourth-order valence-electron chi connectivity index (χ4n) is 2.42. The van der Waals surface area contributed by atoms with Gasteiger partial charge in [-0.2, -0.15) is 0 Å². The zero-order valence-corrected chi connectivity index (χ0v) is 15.6. The van der Waals surface area contributed by atoms with Crippen molar-refractivity contribution in [1.82, 2.24) is 0 Å². The van der Waals surface area contributed by atoms with Crippen LogP contribution in [-0.2, 0) is 6.54 Å². The van der Waals surface area contributed by atoms with Gasteiger partial charge >= 0.3 is 0 Å². The highest BCUT2D eigenvalue weighted by Gasteiger charge is 2.08. The van der Waals surface area contributed by atoms with Crippen LogP contribution in [0.3, 0.4) is 0 Å². The first-order valence-corrected chi connectivity index (χ1v) is 8.85. The Hall–Kier alpha value is -2.89. The van der Waals surface area contributed by atoms with Crippen LogP contribution >= 0.6 is 0 Å². The smallest absolute Gasteiger partial charge is 0.193 e. The Morgan fingerprint density at radius 3 is 2.35 bits per heavy atom. The molecule has 0 atom stereocenters. The molecule has 0 fully saturated rings. The zero-order valence-electron chi connectivity index (χ0n) is 15.6. The summed E-state index contributed by atoms with van der Waals surface area (Å²) in [6.45, 7) is 8.00. The van der Waals surface area contributed by atoms with E-state index in [9.17, 15) is 0 Å². The van der Waals surface area contributed by atoms with Crippen LogP contribution in [0.25, 0.3) is 0 Å². The van der Waals surface area contributed by atoms with Crippen molar-refractivity contribution in [2.24, 2.45) is 10.7 Å². The summed E-state index contributed by atoms with van der Waals surface area (Å²) >= 11 is 0. The Labute approximate surface area is 155 Å². The van der Waals surface area contributed by atoms with Crippen molar-refractivity contribution in [1.29, 1.82) is 0 Å². The van der Waals surface area contributed by atoms with Gasteiger partial charge in [0.05, 0.1) is 32.1 Å². The molecule has 6 nitrogen and oxygen atoms in total. The van der Waals surface area contributed by atoms with Gasteiger partial charge < -0.3 is 25.3 Å². The summed E-state index contributed by atoms with van der Waals surface area (Å²) in [7, 11) is 0. The van der Waals surface area contributed by atoms with Gasteiger partial charge in [-0.3, -0.25) is 0 Å². The van der Waals surface area contributed by atoms with E-state index in [1.807, 2.05) is 63.2 Å². The van der Waals surface area contributed by atoms with Crippen LogP contribution in [0, 0.1) is 0 Å². The van der Waals surface area contributed by atoms with Gasteiger partial charge in [0.25, 0.3) is 0 Å². The van der Waals surface area contributed by atoms with Gasteiger partial charge in [-0.1, -0.05) is 18.2 Å². The molecule has 140 valence electrons. The second-order valence-electron chi connectivity index (χ2n) is 5.39. The van der Waals surface area contributed by atoms with Gasteiger partial charge in [0.1, 0.15) is 17.2 Å². The third-order valence-corrected chi connectivity index (χ3v) is 3.52. The van der Waals surface area contributed by atoms with Crippen molar-refractivity contribution < 1.29 is 14.2 Å². The number of ether oxygens (including phenoxy) is 3. The van der Waals surface area contributed by atoms with Crippen LogP contribution in [0.4, 0.5) is 5.69 Å². The predicted molar refractivity (Wildman–Crippen MR) is 105 cm³/mol. The van der Waals surface area contributed by atoms with Crippen molar-refractivity contribution in [2.45, 2.75) is 27.3 Å². The number of nitrogens with two attached hydrogens (primary N) is 1. The lowest BCUT2D eigenvalue weighted by Crippen LogP contribution is -2.23. The lowest BCUT2D eigenvalue weighted by Gasteiger charge is -2.14. The van der Waals surface area contributed by atoms with Crippen LogP contribution < -0.4 is 25.3 Å². The van der Waals surface area contributed by atoms with Gasteiger partial charge in [-0.05, 0) is 39.0 Å². The summed E-state index contributed by atoms with van der Waals surface area (Å²) in [5.41, 5.74) is 7.77. The molecule has 2 aromatic carbocycles. The topological polar surface area (TPSA) is 78.1 Å². The average Bonchev–Trinajstić information content (AvgIpc) is 2.64. The minimum absolute atomic E-state index is 0.297. The molecule has 2 aromatic rings. The van der Waals surface area contributed by atoms with Gasteiger partial charge in [0, 0.05) is 11.6 Å². The molecule has 0 aliphatic rings. The minimum Gasteiger partial charge on any atom is -0.494 e. The van der Waals surface area contributed by atoms with Crippen molar-refractivity contribution >= 4 is 11.6 Å². The number of anilines is 1. The van der Waals surface area contributed by atoms with Gasteiger partial charge in [-0.25, -0.2) is 4.99 Å². The number of hydrogen-bond acceptors (Lipinski definition) is 4. The van der Waals surface area contributed by atoms with Gasteiger partial charge in [-0.15, -0.1) is 0 Å². The number of guanidine groups is 1. The Balaban J connectivity index is 2.14. The normalized spacial score (nSPS) is 11.1. The van der Waals surface area contributed by atoms with Gasteiger partial charge in [0.15, 0.2) is 5.96 Å². The number of nitrogens with zero attached hydrogens (tertiary/aromatic N) is 1. The molecule has 0 spiro atoms. The van der Waals surface area contributed by atoms with Crippen LogP contribution in [0.2, 0.25) is 0 Å². The molecule has 26 heavy (non-hydrogen) atoms. The molecule has 0 saturated heterocycles. The molecule has 0 aliphatic carbocycles. The van der Waals surface area contributed by atoms with E-state index in [0.29, 0.717) is 38.1 Å². The number of hydrogen-bond donors (Lipinski definition) is 2. The highest BCUT2D eigenvalue weighted by molar-refractivity contribution is 5.94. The highest BCUT2D eigenvalue weighted by atomic mass is 16.5. The maximum Gasteiger partial charge on any atom is 0.193 e. The third kappa shape index (κ3) is 5.58. The van der Waals surface area contributed by atoms with Crippen LogP contribution in [0.5, 0.6) is 17.2 Å². The molecule has 0 aliphatic heterocycles. The maximum absolute atomic E-state index is 6.07. The summed E-state index contributed by atoms with van der Waals surface area (Å²) in [5, 5.41) is 3.10. The Morgan fingerprint density at radius 2 is 1.62 bits per heavy atom. The van der Waals surface area contributed by atoms with Crippen LogP contribution in [0.1, 0.15) is 26.3 Å². The monoisotopic (exact) mass is 357 g/mol. The average molecular weight is 357 g/mol. The fraction of sp³-hybridized carbons (Fsp3) is 0.350. The number of para-hydroxylation sites is 1. The van der Waals surface area contributed by atoms with E-state index < -0.39 is 0 Å². The summed E-state index contributed by atoms with van der Waals surface area (Å²) in [6.07, 6.45) is 0. The van der Waals surface area contributed by atoms with Gasteiger partial charge in [0.2, 0.25) is 0 Å². The van der Waals surface area contributed by atoms with Crippen molar-refractivity contribution in [3.63, 3.8) is 0 Å². The molecule has 0 amide bonds. The quantitative estimate of drug-likeness (QED) is 0.527. The minimum atomic E-state index is 0.297. The Morgan fingerprint density at radius 1 is 0.923 bits per heavy atom. The molecule has 0 heterocycles. The van der Waals surface area contributed by atoms with E-state index in [1.165, 1.54) is 0 Å². The first-order valence-electron chi connectivity index (χ1n) is 8.85. The first kappa shape index (κ1) is 19.4. The molecule has 2 rings (SSSR count). The highest BCUT2D eigenvalue weighted by Crippen LogP contribution is 2.29. The number of aliphatic imine (C=N–C) groups is 1. The second kappa shape index (κ2) is 10.2. The molecular formula is C20H27N3O3. The lowest BCUT2D eigenvalue weighted by atomic mass is 10.2. The molecule has 3 N–H and O–H groups in total. The first-order chi connectivity index (χ1) is 12.7. The second-order valence-corrected chi connectivity index (χ2v) is 5.39. The Bertz CT molecular complexity index is 732. The molecule has 6 heteroatoms. The number of rotatable bonds is 9. The fourth-order valence-corrected chi connectivity index (χ4v) is 2.42. The largest absolute Gasteiger partial charge is 0.494 e. The molecule has 0 unspecified atom stereocenters. The zero-order chi connectivity index (χ0) is 18.8. The summed E-state index contributed by atoms with van der Waals surface area (Å²) in [4.78, 5) is 4.42. The summed E-state index contributed by atoms with van der Waals surface area (Å²) in [6, 6.07) is 13.4. The number of benzene rings is 2. The molecule has 0 saturated carbocycles. The van der Waals surface area contributed by atoms with E-state index in [4.69, 9.17) is 19.9 Å². The summed E-state index contributed by atoms with van der Waals surface area (Å²) < 4.78 is 16.8. The molecular weight excluding hydrogens is 330 g/mol. The van der Waals surface area contributed by atoms with Crippen molar-refractivity contribution in [2.75, 3.05) is 25.1 Å². The third-order valence-electron chi connectivity index (χ3n) is 3.52. The molecule has 0 aromatic heterocycles. The van der Waals surface area contributed by atoms with Crippen molar-refractivity contribution in [3.05, 3.63) is 48.0 Å². The Kier molecular flexibility index (Phi) is 7.61. The molecule has 0 bridgehead atoms. The summed E-state index contributed by atoms with van der Waals surface area (Å²) in [5.74, 6) is 2.56. The number of nitrogens with one attached hydrogen (secondary N) is 1. The lowest BCUT2D eigenvalue weighted by molar-refractivity contribution is 0.332. The van der Waals surface area contributed by atoms with E-state index in [2.05, 4.69) is 10.3 Å². The predicted octanol–water partition coefficient (Wildman–Crippen LogP) is 3.81. The van der Waals surface area contributed by atoms with Crippen LogP contribution in [0.15, 0.2) is 47.5 Å². The van der Waals surface area contributed by atoms with E-state index in [1.54, 1.807) is 0 Å². The van der Waals surface area contributed by atoms with E-state index in [-0.39, 0.29) is 0 Å².